The molecule has 1 N–H and O–H groups in total. The van der Waals surface area contributed by atoms with E-state index in [1.54, 1.807) is 0 Å². The van der Waals surface area contributed by atoms with Crippen molar-refractivity contribution in [1.29, 1.82) is 0 Å². The zero-order valence-corrected chi connectivity index (χ0v) is 10.4. The highest BCUT2D eigenvalue weighted by atomic mass is 35.5. The lowest BCUT2D eigenvalue weighted by Crippen LogP contribution is -2.43. The third-order valence-corrected chi connectivity index (χ3v) is 3.18. The average Bonchev–Trinajstić information content (AvgIpc) is 2.32. The SMILES string of the molecule is FC(F)(F)c1cnc(Cl)c(CN2CCNCC2)c1. The van der Waals surface area contributed by atoms with Crippen molar-refractivity contribution in [3.63, 3.8) is 0 Å². The van der Waals surface area contributed by atoms with Crippen molar-refractivity contribution in [3.8, 4) is 0 Å². The molecular weight excluding hydrogens is 267 g/mol. The van der Waals surface area contributed by atoms with Gasteiger partial charge in [-0.05, 0) is 6.07 Å². The highest BCUT2D eigenvalue weighted by Gasteiger charge is 2.31. The fourth-order valence-corrected chi connectivity index (χ4v) is 2.03. The Morgan fingerprint density at radius 3 is 2.61 bits per heavy atom. The summed E-state index contributed by atoms with van der Waals surface area (Å²) < 4.78 is 37.7. The van der Waals surface area contributed by atoms with Gasteiger partial charge in [0, 0.05) is 44.5 Å². The number of hydrogen-bond donors (Lipinski definition) is 1. The third-order valence-electron chi connectivity index (χ3n) is 2.84. The molecule has 2 rings (SSSR count). The Kier molecular flexibility index (Phi) is 4.09. The van der Waals surface area contributed by atoms with Gasteiger partial charge in [-0.15, -0.1) is 0 Å². The second-order valence-electron chi connectivity index (χ2n) is 4.20. The maximum atomic E-state index is 12.6. The van der Waals surface area contributed by atoms with Gasteiger partial charge >= 0.3 is 6.18 Å². The summed E-state index contributed by atoms with van der Waals surface area (Å²) >= 11 is 5.84. The molecule has 1 fully saturated rings. The molecule has 1 aromatic rings. The summed E-state index contributed by atoms with van der Waals surface area (Å²) in [4.78, 5) is 5.67. The van der Waals surface area contributed by atoms with Gasteiger partial charge in [-0.1, -0.05) is 11.6 Å². The predicted molar refractivity (Wildman–Crippen MR) is 62.4 cm³/mol. The van der Waals surface area contributed by atoms with Crippen LogP contribution in [0.25, 0.3) is 0 Å². The normalized spacial score (nSPS) is 18.0. The number of nitrogens with zero attached hydrogens (tertiary/aromatic N) is 2. The van der Waals surface area contributed by atoms with E-state index in [-0.39, 0.29) is 5.15 Å². The first-order chi connectivity index (χ1) is 8.47. The maximum absolute atomic E-state index is 12.6. The number of aromatic nitrogens is 1. The number of pyridine rings is 1. The van der Waals surface area contributed by atoms with Crippen LogP contribution >= 0.6 is 11.6 Å². The summed E-state index contributed by atoms with van der Waals surface area (Å²) in [5, 5.41) is 3.32. The fourth-order valence-electron chi connectivity index (χ4n) is 1.87. The molecule has 0 spiro atoms. The summed E-state index contributed by atoms with van der Waals surface area (Å²) in [5.41, 5.74) is -0.328. The first-order valence-corrected chi connectivity index (χ1v) is 5.99. The molecule has 1 aliphatic heterocycles. The Labute approximate surface area is 108 Å². The molecule has 7 heteroatoms. The summed E-state index contributed by atoms with van der Waals surface area (Å²) in [7, 11) is 0. The second-order valence-corrected chi connectivity index (χ2v) is 4.56. The number of halogens is 4. The number of alkyl halides is 3. The molecule has 1 saturated heterocycles. The molecule has 18 heavy (non-hydrogen) atoms. The molecule has 0 amide bonds. The van der Waals surface area contributed by atoms with E-state index in [4.69, 9.17) is 11.6 Å². The van der Waals surface area contributed by atoms with Crippen LogP contribution < -0.4 is 5.32 Å². The lowest BCUT2D eigenvalue weighted by atomic mass is 10.2. The number of nitrogens with one attached hydrogen (secondary N) is 1. The Balaban J connectivity index is 2.15. The van der Waals surface area contributed by atoms with E-state index in [9.17, 15) is 13.2 Å². The largest absolute Gasteiger partial charge is 0.417 e. The van der Waals surface area contributed by atoms with Crippen molar-refractivity contribution >= 4 is 11.6 Å². The lowest BCUT2D eigenvalue weighted by molar-refractivity contribution is -0.137. The van der Waals surface area contributed by atoms with Crippen LogP contribution in [-0.2, 0) is 12.7 Å². The smallest absolute Gasteiger partial charge is 0.314 e. The molecule has 1 aliphatic rings. The van der Waals surface area contributed by atoms with Gasteiger partial charge in [0.15, 0.2) is 0 Å². The van der Waals surface area contributed by atoms with Gasteiger partial charge in [0.05, 0.1) is 5.56 Å². The number of hydrogen-bond acceptors (Lipinski definition) is 3. The van der Waals surface area contributed by atoms with Crippen LogP contribution in [0.4, 0.5) is 13.2 Å². The molecule has 0 radical (unpaired) electrons. The van der Waals surface area contributed by atoms with E-state index in [0.717, 1.165) is 38.4 Å². The van der Waals surface area contributed by atoms with E-state index in [0.29, 0.717) is 12.1 Å². The van der Waals surface area contributed by atoms with Gasteiger partial charge in [0.2, 0.25) is 0 Å². The first-order valence-electron chi connectivity index (χ1n) is 5.61. The van der Waals surface area contributed by atoms with Crippen LogP contribution in [0.15, 0.2) is 12.3 Å². The Bertz CT molecular complexity index is 416. The summed E-state index contributed by atoms with van der Waals surface area (Å²) in [6.07, 6.45) is -3.61. The van der Waals surface area contributed by atoms with Crippen molar-refractivity contribution in [2.45, 2.75) is 12.7 Å². The minimum atomic E-state index is -4.38. The molecule has 2 heterocycles. The summed E-state index contributed by atoms with van der Waals surface area (Å²) in [5.74, 6) is 0. The van der Waals surface area contributed by atoms with Gasteiger partial charge in [-0.3, -0.25) is 4.90 Å². The topological polar surface area (TPSA) is 28.2 Å². The van der Waals surface area contributed by atoms with Gasteiger partial charge in [-0.25, -0.2) is 4.98 Å². The highest BCUT2D eigenvalue weighted by molar-refractivity contribution is 6.30. The van der Waals surface area contributed by atoms with Crippen molar-refractivity contribution in [2.75, 3.05) is 26.2 Å². The minimum Gasteiger partial charge on any atom is -0.314 e. The molecular formula is C11H13ClF3N3. The second kappa shape index (κ2) is 5.42. The molecule has 1 aromatic heterocycles. The standard InChI is InChI=1S/C11H13ClF3N3/c12-10-8(7-18-3-1-16-2-4-18)5-9(6-17-10)11(13,14)15/h5-6,16H,1-4,7H2. The fraction of sp³-hybridized carbons (Fsp3) is 0.545. The quantitative estimate of drug-likeness (QED) is 0.841. The summed E-state index contributed by atoms with van der Waals surface area (Å²) in [6, 6.07) is 1.08. The van der Waals surface area contributed by atoms with Crippen LogP contribution in [0, 0.1) is 0 Å². The van der Waals surface area contributed by atoms with Gasteiger partial charge in [0.25, 0.3) is 0 Å². The predicted octanol–water partition coefficient (Wildman–Crippen LogP) is 2.16. The molecule has 0 unspecified atom stereocenters. The maximum Gasteiger partial charge on any atom is 0.417 e. The zero-order chi connectivity index (χ0) is 13.2. The van der Waals surface area contributed by atoms with E-state index in [1.807, 2.05) is 0 Å². The van der Waals surface area contributed by atoms with Crippen molar-refractivity contribution in [3.05, 3.63) is 28.5 Å². The molecule has 100 valence electrons. The Hall–Kier alpha value is -0.850. The zero-order valence-electron chi connectivity index (χ0n) is 9.60. The van der Waals surface area contributed by atoms with E-state index >= 15 is 0 Å². The number of piperazine rings is 1. The summed E-state index contributed by atoms with van der Waals surface area (Å²) in [6.45, 7) is 3.67. The van der Waals surface area contributed by atoms with Crippen LogP contribution in [-0.4, -0.2) is 36.1 Å². The van der Waals surface area contributed by atoms with Gasteiger partial charge in [-0.2, -0.15) is 13.2 Å². The number of rotatable bonds is 2. The Morgan fingerprint density at radius 1 is 1.33 bits per heavy atom. The van der Waals surface area contributed by atoms with Crippen LogP contribution in [0.2, 0.25) is 5.15 Å². The molecule has 0 atom stereocenters. The third kappa shape index (κ3) is 3.34. The van der Waals surface area contributed by atoms with Crippen molar-refractivity contribution in [1.82, 2.24) is 15.2 Å². The lowest BCUT2D eigenvalue weighted by Gasteiger charge is -2.27. The van der Waals surface area contributed by atoms with E-state index in [2.05, 4.69) is 15.2 Å². The molecule has 0 aromatic carbocycles. The minimum absolute atomic E-state index is 0.140. The first kappa shape index (κ1) is 13.6. The van der Waals surface area contributed by atoms with Crippen LogP contribution in [0.5, 0.6) is 0 Å². The molecule has 0 bridgehead atoms. The van der Waals surface area contributed by atoms with Crippen LogP contribution in [0.1, 0.15) is 11.1 Å². The van der Waals surface area contributed by atoms with Gasteiger partial charge < -0.3 is 5.32 Å². The monoisotopic (exact) mass is 279 g/mol. The molecule has 0 aliphatic carbocycles. The van der Waals surface area contributed by atoms with Crippen molar-refractivity contribution in [2.24, 2.45) is 0 Å². The highest BCUT2D eigenvalue weighted by Crippen LogP contribution is 2.30. The van der Waals surface area contributed by atoms with E-state index < -0.39 is 11.7 Å². The van der Waals surface area contributed by atoms with Gasteiger partial charge in [0.1, 0.15) is 5.15 Å². The van der Waals surface area contributed by atoms with Crippen LogP contribution in [0.3, 0.4) is 0 Å². The van der Waals surface area contributed by atoms with E-state index in [1.165, 1.54) is 0 Å². The molecule has 3 nitrogen and oxygen atoms in total. The average molecular weight is 280 g/mol. The molecule has 0 saturated carbocycles. The van der Waals surface area contributed by atoms with Crippen molar-refractivity contribution < 1.29 is 13.2 Å². The Morgan fingerprint density at radius 2 is 2.00 bits per heavy atom.